The number of hydrogen-bond donors (Lipinski definition) is 2. The summed E-state index contributed by atoms with van der Waals surface area (Å²) in [6.07, 6.45) is 1.57. The molecule has 2 heterocycles. The third kappa shape index (κ3) is 3.44. The van der Waals surface area contributed by atoms with Crippen molar-refractivity contribution in [3.05, 3.63) is 41.8 Å². The van der Waals surface area contributed by atoms with E-state index in [1.54, 1.807) is 17.5 Å². The topological polar surface area (TPSA) is 67.2 Å². The number of aliphatic hydroxyl groups is 1. The summed E-state index contributed by atoms with van der Waals surface area (Å²) < 4.78 is 2.68. The van der Waals surface area contributed by atoms with Gasteiger partial charge >= 0.3 is 0 Å². The molecule has 2 aromatic heterocycles. The molecule has 0 saturated heterocycles. The number of aromatic nitrogens is 2. The number of hydrogen-bond acceptors (Lipinski definition) is 5. The van der Waals surface area contributed by atoms with Gasteiger partial charge in [0.05, 0.1) is 31.6 Å². The Morgan fingerprint density at radius 2 is 2.26 bits per heavy atom. The van der Waals surface area contributed by atoms with E-state index in [-0.39, 0.29) is 18.7 Å². The maximum Gasteiger partial charge on any atom is 0.283 e. The van der Waals surface area contributed by atoms with E-state index < -0.39 is 0 Å². The number of nitrogens with zero attached hydrogens (tertiary/aromatic N) is 2. The molecule has 0 atom stereocenters. The Morgan fingerprint density at radius 3 is 2.89 bits per heavy atom. The van der Waals surface area contributed by atoms with Crippen LogP contribution in [0.4, 0.5) is 5.69 Å². The number of anilines is 1. The normalized spacial score (nSPS) is 10.7. The van der Waals surface area contributed by atoms with Crippen molar-refractivity contribution in [1.29, 1.82) is 0 Å². The number of aliphatic hydroxyl groups excluding tert-OH is 1. The van der Waals surface area contributed by atoms with Crippen LogP contribution in [0.2, 0.25) is 0 Å². The van der Waals surface area contributed by atoms with Crippen molar-refractivity contribution in [2.75, 3.05) is 11.9 Å². The van der Waals surface area contributed by atoms with Gasteiger partial charge < -0.3 is 10.4 Å². The molecule has 102 valence electrons. The van der Waals surface area contributed by atoms with Crippen LogP contribution in [0.1, 0.15) is 4.88 Å². The quantitative estimate of drug-likeness (QED) is 0.797. The van der Waals surface area contributed by atoms with E-state index in [1.165, 1.54) is 4.68 Å². The molecule has 0 unspecified atom stereocenters. The first-order valence-electron chi connectivity index (χ1n) is 5.45. The summed E-state index contributed by atoms with van der Waals surface area (Å²) in [5.74, 6) is 0. The highest BCUT2D eigenvalue weighted by atomic mass is 79.9. The monoisotopic (exact) mass is 407 g/mol. The Balaban J connectivity index is 2.16. The van der Waals surface area contributed by atoms with Gasteiger partial charge in [-0.2, -0.15) is 5.10 Å². The highest BCUT2D eigenvalue weighted by Gasteiger charge is 2.09. The molecule has 0 aliphatic carbocycles. The fraction of sp³-hybridized carbons (Fsp3) is 0.273. The van der Waals surface area contributed by atoms with Crippen LogP contribution in [0.3, 0.4) is 0 Å². The van der Waals surface area contributed by atoms with Gasteiger partial charge in [-0.15, -0.1) is 11.3 Å². The zero-order chi connectivity index (χ0) is 13.8. The number of halogens is 2. The second-order valence-corrected chi connectivity index (χ2v) is 6.32. The molecule has 0 radical (unpaired) electrons. The third-order valence-electron chi connectivity index (χ3n) is 2.43. The molecule has 2 N–H and O–H groups in total. The van der Waals surface area contributed by atoms with Gasteiger partial charge in [-0.05, 0) is 43.3 Å². The van der Waals surface area contributed by atoms with E-state index in [1.807, 2.05) is 11.4 Å². The van der Waals surface area contributed by atoms with Crippen LogP contribution in [0.25, 0.3) is 0 Å². The van der Waals surface area contributed by atoms with E-state index in [0.717, 1.165) is 9.35 Å². The molecule has 0 aliphatic heterocycles. The lowest BCUT2D eigenvalue weighted by Gasteiger charge is -2.09. The van der Waals surface area contributed by atoms with Gasteiger partial charge in [-0.3, -0.25) is 4.79 Å². The molecule has 2 rings (SSSR count). The Hall–Kier alpha value is -0.700. The highest BCUT2D eigenvalue weighted by molar-refractivity contribution is 9.11. The minimum Gasteiger partial charge on any atom is -0.394 e. The third-order valence-corrected chi connectivity index (χ3v) is 5.12. The predicted molar refractivity (Wildman–Crippen MR) is 82.6 cm³/mol. The van der Waals surface area contributed by atoms with Crippen LogP contribution < -0.4 is 10.9 Å². The molecule has 0 aliphatic rings. The zero-order valence-corrected chi connectivity index (χ0v) is 13.8. The lowest BCUT2D eigenvalue weighted by molar-refractivity contribution is 0.266. The smallest absolute Gasteiger partial charge is 0.283 e. The summed E-state index contributed by atoms with van der Waals surface area (Å²) in [5, 5.41) is 18.0. The molecule has 0 bridgehead atoms. The summed E-state index contributed by atoms with van der Waals surface area (Å²) in [4.78, 5) is 13.0. The minimum absolute atomic E-state index is 0.117. The molecule has 2 aromatic rings. The maximum atomic E-state index is 11.9. The Kier molecular flexibility index (Phi) is 5.14. The maximum absolute atomic E-state index is 11.9. The molecular formula is C11H11Br2N3O2S. The lowest BCUT2D eigenvalue weighted by Crippen LogP contribution is -2.25. The largest absolute Gasteiger partial charge is 0.394 e. The molecule has 0 spiro atoms. The van der Waals surface area contributed by atoms with Crippen molar-refractivity contribution in [3.8, 4) is 0 Å². The number of thiophene rings is 1. The van der Waals surface area contributed by atoms with E-state index in [9.17, 15) is 4.79 Å². The van der Waals surface area contributed by atoms with E-state index in [4.69, 9.17) is 5.11 Å². The molecule has 0 fully saturated rings. The lowest BCUT2D eigenvalue weighted by atomic mass is 10.4. The molecule has 0 amide bonds. The number of rotatable bonds is 5. The van der Waals surface area contributed by atoms with E-state index in [0.29, 0.717) is 16.7 Å². The van der Waals surface area contributed by atoms with Gasteiger partial charge in [0.2, 0.25) is 0 Å². The Morgan fingerprint density at radius 1 is 1.47 bits per heavy atom. The minimum atomic E-state index is -0.260. The van der Waals surface area contributed by atoms with Crippen molar-refractivity contribution in [3.63, 3.8) is 0 Å². The Bertz CT molecular complexity index is 627. The van der Waals surface area contributed by atoms with Crippen molar-refractivity contribution < 1.29 is 5.11 Å². The first-order chi connectivity index (χ1) is 9.13. The van der Waals surface area contributed by atoms with E-state index in [2.05, 4.69) is 42.3 Å². The van der Waals surface area contributed by atoms with Crippen molar-refractivity contribution in [2.45, 2.75) is 13.1 Å². The van der Waals surface area contributed by atoms with Crippen molar-refractivity contribution in [2.24, 2.45) is 0 Å². The average Bonchev–Trinajstić information content (AvgIpc) is 2.80. The first-order valence-corrected chi connectivity index (χ1v) is 7.92. The standard InChI is InChI=1S/C11H11Br2N3O2S/c12-7-1-4-19-9(7)6-14-8-5-15-16(2-3-17)11(18)10(8)13/h1,4-5,14,17H,2-3,6H2. The summed E-state index contributed by atoms with van der Waals surface area (Å²) in [6.45, 7) is 0.685. The van der Waals surface area contributed by atoms with Gasteiger partial charge in [0.25, 0.3) is 5.56 Å². The van der Waals surface area contributed by atoms with Crippen LogP contribution in [-0.2, 0) is 13.1 Å². The highest BCUT2D eigenvalue weighted by Crippen LogP contribution is 2.24. The summed E-state index contributed by atoms with van der Waals surface area (Å²) in [6, 6.07) is 1.98. The molecule has 0 aromatic carbocycles. The van der Waals surface area contributed by atoms with Gasteiger partial charge in [0.1, 0.15) is 4.47 Å². The van der Waals surface area contributed by atoms with Crippen molar-refractivity contribution >= 4 is 48.9 Å². The van der Waals surface area contributed by atoms with Crippen LogP contribution in [0.15, 0.2) is 31.4 Å². The van der Waals surface area contributed by atoms with Crippen LogP contribution in [0.5, 0.6) is 0 Å². The van der Waals surface area contributed by atoms with E-state index >= 15 is 0 Å². The van der Waals surface area contributed by atoms with Gasteiger partial charge in [0.15, 0.2) is 0 Å². The SMILES string of the molecule is O=c1c(Br)c(NCc2sccc2Br)cnn1CCO. The van der Waals surface area contributed by atoms with Gasteiger partial charge in [0, 0.05) is 9.35 Å². The summed E-state index contributed by atoms with van der Waals surface area (Å²) in [7, 11) is 0. The van der Waals surface area contributed by atoms with Crippen LogP contribution in [-0.4, -0.2) is 21.5 Å². The first kappa shape index (κ1) is 14.7. The molecular weight excluding hydrogens is 398 g/mol. The fourth-order valence-electron chi connectivity index (χ4n) is 1.47. The van der Waals surface area contributed by atoms with Crippen LogP contribution >= 0.6 is 43.2 Å². The molecule has 8 heteroatoms. The Labute approximate surface area is 130 Å². The van der Waals surface area contributed by atoms with Crippen molar-refractivity contribution in [1.82, 2.24) is 9.78 Å². The number of nitrogens with one attached hydrogen (secondary N) is 1. The second-order valence-electron chi connectivity index (χ2n) is 3.67. The second kappa shape index (κ2) is 6.65. The van der Waals surface area contributed by atoms with Gasteiger partial charge in [-0.1, -0.05) is 0 Å². The molecule has 5 nitrogen and oxygen atoms in total. The fourth-order valence-corrected chi connectivity index (χ4v) is 3.35. The summed E-state index contributed by atoms with van der Waals surface area (Å²) >= 11 is 8.34. The molecule has 19 heavy (non-hydrogen) atoms. The predicted octanol–water partition coefficient (Wildman–Crippen LogP) is 2.43. The average molecular weight is 409 g/mol. The van der Waals surface area contributed by atoms with Crippen LogP contribution in [0, 0.1) is 0 Å². The molecule has 0 saturated carbocycles. The summed E-state index contributed by atoms with van der Waals surface area (Å²) in [5.41, 5.74) is 0.379. The zero-order valence-electron chi connectivity index (χ0n) is 9.77. The van der Waals surface area contributed by atoms with Gasteiger partial charge in [-0.25, -0.2) is 4.68 Å².